The van der Waals surface area contributed by atoms with Gasteiger partial charge in [0.2, 0.25) is 0 Å². The van der Waals surface area contributed by atoms with Gasteiger partial charge < -0.3 is 4.74 Å². The minimum atomic E-state index is -0.162. The highest BCUT2D eigenvalue weighted by Crippen LogP contribution is 2.36. The van der Waals surface area contributed by atoms with E-state index in [1.54, 1.807) is 19.2 Å². The summed E-state index contributed by atoms with van der Waals surface area (Å²) < 4.78 is 18.7. The summed E-state index contributed by atoms with van der Waals surface area (Å²) in [5, 5.41) is 0. The average Bonchev–Trinajstić information content (AvgIpc) is 2.53. The highest BCUT2D eigenvalue weighted by Gasteiger charge is 2.27. The quantitative estimate of drug-likeness (QED) is 0.648. The van der Waals surface area contributed by atoms with E-state index in [1.807, 2.05) is 18.2 Å². The first-order chi connectivity index (χ1) is 10.7. The second-order valence-corrected chi connectivity index (χ2v) is 7.51. The van der Waals surface area contributed by atoms with Crippen LogP contribution in [-0.4, -0.2) is 7.11 Å². The summed E-state index contributed by atoms with van der Waals surface area (Å²) in [5.74, 6) is 0.717. The fourth-order valence-electron chi connectivity index (χ4n) is 2.87. The Kier molecular flexibility index (Phi) is 5.13. The van der Waals surface area contributed by atoms with Crippen LogP contribution in [0.1, 0.15) is 51.7 Å². The molecule has 0 radical (unpaired) electrons. The minimum Gasteiger partial charge on any atom is -0.497 e. The Bertz CT molecular complexity index is 641. The van der Waals surface area contributed by atoms with E-state index in [1.165, 1.54) is 11.6 Å². The summed E-state index contributed by atoms with van der Waals surface area (Å²) >= 11 is 0. The molecule has 124 valence electrons. The Morgan fingerprint density at radius 1 is 0.826 bits per heavy atom. The molecule has 0 spiro atoms. The van der Waals surface area contributed by atoms with Gasteiger partial charge in [0.05, 0.1) is 7.11 Å². The van der Waals surface area contributed by atoms with Crippen molar-refractivity contribution in [3.05, 3.63) is 65.5 Å². The Morgan fingerprint density at radius 2 is 1.39 bits per heavy atom. The predicted molar refractivity (Wildman–Crippen MR) is 94.7 cm³/mol. The molecule has 2 aromatic rings. The van der Waals surface area contributed by atoms with E-state index >= 15 is 0 Å². The van der Waals surface area contributed by atoms with E-state index in [0.717, 1.165) is 24.2 Å². The fourth-order valence-corrected chi connectivity index (χ4v) is 2.87. The van der Waals surface area contributed by atoms with Crippen LogP contribution in [0.2, 0.25) is 0 Å². The Balaban J connectivity index is 2.10. The molecule has 0 aliphatic carbocycles. The number of ether oxygens (including phenoxy) is 1. The molecule has 0 fully saturated rings. The number of halogens is 1. The van der Waals surface area contributed by atoms with Crippen LogP contribution in [0.15, 0.2) is 48.5 Å². The summed E-state index contributed by atoms with van der Waals surface area (Å²) in [6, 6.07) is 15.2. The molecule has 0 aliphatic rings. The molecule has 0 amide bonds. The van der Waals surface area contributed by atoms with Crippen molar-refractivity contribution < 1.29 is 9.13 Å². The topological polar surface area (TPSA) is 9.23 Å². The molecule has 0 saturated carbocycles. The van der Waals surface area contributed by atoms with E-state index in [0.29, 0.717) is 0 Å². The molecule has 0 aliphatic heterocycles. The van der Waals surface area contributed by atoms with Crippen LogP contribution in [0, 0.1) is 5.82 Å². The third kappa shape index (κ3) is 4.34. The maximum absolute atomic E-state index is 13.5. The van der Waals surface area contributed by atoms with Crippen molar-refractivity contribution in [1.29, 1.82) is 0 Å². The second-order valence-electron chi connectivity index (χ2n) is 7.51. The first kappa shape index (κ1) is 17.5. The molecule has 0 unspecified atom stereocenters. The van der Waals surface area contributed by atoms with Crippen LogP contribution in [0.3, 0.4) is 0 Å². The van der Waals surface area contributed by atoms with Gasteiger partial charge >= 0.3 is 0 Å². The molecule has 0 saturated heterocycles. The molecular weight excluding hydrogens is 287 g/mol. The summed E-state index contributed by atoms with van der Waals surface area (Å²) in [7, 11) is 1.68. The highest BCUT2D eigenvalue weighted by atomic mass is 19.1. The van der Waals surface area contributed by atoms with Gasteiger partial charge in [0.25, 0.3) is 0 Å². The van der Waals surface area contributed by atoms with Gasteiger partial charge in [-0.1, -0.05) is 52.0 Å². The maximum Gasteiger partial charge on any atom is 0.123 e. The third-order valence-corrected chi connectivity index (χ3v) is 4.85. The molecule has 23 heavy (non-hydrogen) atoms. The zero-order chi connectivity index (χ0) is 17.1. The second kappa shape index (κ2) is 6.74. The minimum absolute atomic E-state index is 0.0498. The number of benzene rings is 2. The van der Waals surface area contributed by atoms with Gasteiger partial charge in [-0.15, -0.1) is 0 Å². The SMILES string of the molecule is COc1ccc(C(C)(C)CCC(C)(C)c2cccc(F)c2)cc1. The smallest absolute Gasteiger partial charge is 0.123 e. The maximum atomic E-state index is 13.5. The average molecular weight is 314 g/mol. The molecule has 0 heterocycles. The largest absolute Gasteiger partial charge is 0.497 e. The van der Waals surface area contributed by atoms with Crippen molar-refractivity contribution in [3.63, 3.8) is 0 Å². The van der Waals surface area contributed by atoms with E-state index in [9.17, 15) is 4.39 Å². The highest BCUT2D eigenvalue weighted by molar-refractivity contribution is 5.32. The van der Waals surface area contributed by atoms with Gasteiger partial charge in [-0.25, -0.2) is 4.39 Å². The van der Waals surface area contributed by atoms with Crippen LogP contribution in [-0.2, 0) is 10.8 Å². The molecule has 0 N–H and O–H groups in total. The Morgan fingerprint density at radius 3 is 1.91 bits per heavy atom. The van der Waals surface area contributed by atoms with Gasteiger partial charge in [-0.3, -0.25) is 0 Å². The molecule has 0 bridgehead atoms. The van der Waals surface area contributed by atoms with Crippen molar-refractivity contribution in [2.45, 2.75) is 51.4 Å². The fraction of sp³-hybridized carbons (Fsp3) is 0.429. The molecule has 2 heteroatoms. The lowest BCUT2D eigenvalue weighted by Gasteiger charge is -2.32. The number of rotatable bonds is 6. The molecule has 2 aromatic carbocycles. The molecule has 0 atom stereocenters. The van der Waals surface area contributed by atoms with E-state index in [2.05, 4.69) is 39.8 Å². The van der Waals surface area contributed by atoms with Crippen molar-refractivity contribution in [1.82, 2.24) is 0 Å². The molecule has 0 aromatic heterocycles. The van der Waals surface area contributed by atoms with E-state index in [4.69, 9.17) is 4.74 Å². The van der Waals surface area contributed by atoms with Crippen LogP contribution in [0.4, 0.5) is 4.39 Å². The zero-order valence-corrected chi connectivity index (χ0v) is 14.8. The van der Waals surface area contributed by atoms with Crippen LogP contribution < -0.4 is 4.74 Å². The summed E-state index contributed by atoms with van der Waals surface area (Å²) in [6.45, 7) is 8.89. The van der Waals surface area contributed by atoms with Gasteiger partial charge in [0.1, 0.15) is 11.6 Å². The van der Waals surface area contributed by atoms with Crippen molar-refractivity contribution in [3.8, 4) is 5.75 Å². The lowest BCUT2D eigenvalue weighted by molar-refractivity contribution is 0.373. The van der Waals surface area contributed by atoms with Crippen molar-refractivity contribution >= 4 is 0 Å². The first-order valence-electron chi connectivity index (χ1n) is 8.15. The van der Waals surface area contributed by atoms with E-state index in [-0.39, 0.29) is 16.6 Å². The predicted octanol–water partition coefficient (Wildman–Crippen LogP) is 5.87. The summed E-state index contributed by atoms with van der Waals surface area (Å²) in [6.07, 6.45) is 2.03. The Labute approximate surface area is 139 Å². The van der Waals surface area contributed by atoms with E-state index < -0.39 is 0 Å². The lowest BCUT2D eigenvalue weighted by Crippen LogP contribution is -2.24. The third-order valence-electron chi connectivity index (χ3n) is 4.85. The van der Waals surface area contributed by atoms with Gasteiger partial charge in [0.15, 0.2) is 0 Å². The van der Waals surface area contributed by atoms with Crippen LogP contribution in [0.25, 0.3) is 0 Å². The standard InChI is InChI=1S/C21H27FO/c1-20(2,16-9-11-19(23-5)12-10-16)13-14-21(3,4)17-7-6-8-18(22)15-17/h6-12,15H,13-14H2,1-5H3. The van der Waals surface area contributed by atoms with Crippen LogP contribution in [0.5, 0.6) is 5.75 Å². The first-order valence-corrected chi connectivity index (χ1v) is 8.15. The van der Waals surface area contributed by atoms with Crippen LogP contribution >= 0.6 is 0 Å². The molecular formula is C21H27FO. The summed E-state index contributed by atoms with van der Waals surface area (Å²) in [4.78, 5) is 0. The van der Waals surface area contributed by atoms with Crippen molar-refractivity contribution in [2.24, 2.45) is 0 Å². The number of methoxy groups -OCH3 is 1. The number of hydrogen-bond donors (Lipinski definition) is 0. The zero-order valence-electron chi connectivity index (χ0n) is 14.8. The molecule has 1 nitrogen and oxygen atoms in total. The van der Waals surface area contributed by atoms with Gasteiger partial charge in [0, 0.05) is 0 Å². The number of hydrogen-bond acceptors (Lipinski definition) is 1. The lowest BCUT2D eigenvalue weighted by atomic mass is 9.73. The molecule has 2 rings (SSSR count). The monoisotopic (exact) mass is 314 g/mol. The summed E-state index contributed by atoms with van der Waals surface area (Å²) in [5.41, 5.74) is 2.37. The Hall–Kier alpha value is -1.83. The normalized spacial score (nSPS) is 12.3. The van der Waals surface area contributed by atoms with Crippen molar-refractivity contribution in [2.75, 3.05) is 7.11 Å². The van der Waals surface area contributed by atoms with Gasteiger partial charge in [-0.05, 0) is 59.1 Å². The van der Waals surface area contributed by atoms with Gasteiger partial charge in [-0.2, -0.15) is 0 Å².